The molecular formula is C34H59N2+. The van der Waals surface area contributed by atoms with Crippen LogP contribution in [0.15, 0.2) is 42.7 Å². The molecule has 0 fully saturated rings. The summed E-state index contributed by atoms with van der Waals surface area (Å²) in [6.07, 6.45) is 34.0. The molecule has 1 aromatic heterocycles. The molecule has 0 saturated carbocycles. The molecule has 2 rings (SSSR count). The molecule has 204 valence electrons. The van der Waals surface area contributed by atoms with Crippen LogP contribution in [0.2, 0.25) is 0 Å². The molecule has 2 heteroatoms. The molecule has 0 radical (unpaired) electrons. The molecule has 0 amide bonds. The van der Waals surface area contributed by atoms with Crippen LogP contribution < -0.4 is 4.57 Å². The predicted molar refractivity (Wildman–Crippen MR) is 158 cm³/mol. The Kier molecular flexibility index (Phi) is 18.3. The molecule has 0 aliphatic carbocycles. The Hall–Kier alpha value is -1.57. The van der Waals surface area contributed by atoms with Gasteiger partial charge in [-0.15, -0.1) is 0 Å². The first kappa shape index (κ1) is 30.7. The van der Waals surface area contributed by atoms with Gasteiger partial charge in [0.1, 0.15) is 18.9 Å². The lowest BCUT2D eigenvalue weighted by Gasteiger charge is -2.07. The summed E-state index contributed by atoms with van der Waals surface area (Å²) in [5.41, 5.74) is 1.41. The Morgan fingerprint density at radius 2 is 1.03 bits per heavy atom. The van der Waals surface area contributed by atoms with E-state index >= 15 is 0 Å². The van der Waals surface area contributed by atoms with E-state index < -0.39 is 0 Å². The maximum absolute atomic E-state index is 2.57. The SMILES string of the molecule is CCCCCCCCCCCCCc1n(Cc2ccccc2)cc[n+]1CCCCCCCCCCC. The largest absolute Gasteiger partial charge is 0.256 e. The molecule has 36 heavy (non-hydrogen) atoms. The van der Waals surface area contributed by atoms with E-state index in [4.69, 9.17) is 0 Å². The van der Waals surface area contributed by atoms with Crippen LogP contribution in [0, 0.1) is 0 Å². The number of aryl methyl sites for hydroxylation is 1. The Bertz CT molecular complexity index is 733. The van der Waals surface area contributed by atoms with Crippen molar-refractivity contribution in [1.29, 1.82) is 0 Å². The second kappa shape index (κ2) is 21.5. The fraction of sp³-hybridized carbons (Fsp3) is 0.735. The van der Waals surface area contributed by atoms with Crippen LogP contribution in [-0.4, -0.2) is 4.57 Å². The Morgan fingerprint density at radius 1 is 0.556 bits per heavy atom. The first-order valence-electron chi connectivity index (χ1n) is 16.0. The minimum absolute atomic E-state index is 0.999. The van der Waals surface area contributed by atoms with Crippen molar-refractivity contribution in [2.24, 2.45) is 0 Å². The molecule has 1 heterocycles. The van der Waals surface area contributed by atoms with Crippen molar-refractivity contribution in [3.05, 3.63) is 54.1 Å². The van der Waals surface area contributed by atoms with Crippen LogP contribution in [-0.2, 0) is 19.5 Å². The summed E-state index contributed by atoms with van der Waals surface area (Å²) in [6, 6.07) is 11.0. The normalized spacial score (nSPS) is 11.4. The number of aromatic nitrogens is 2. The van der Waals surface area contributed by atoms with E-state index in [-0.39, 0.29) is 0 Å². The van der Waals surface area contributed by atoms with Gasteiger partial charge in [0.15, 0.2) is 0 Å². The van der Waals surface area contributed by atoms with Gasteiger partial charge in [-0.3, -0.25) is 0 Å². The van der Waals surface area contributed by atoms with Crippen LogP contribution in [0.5, 0.6) is 0 Å². The van der Waals surface area contributed by atoms with Gasteiger partial charge in [0.05, 0.1) is 6.54 Å². The summed E-state index contributed by atoms with van der Waals surface area (Å²) in [6.45, 7) is 6.79. The Balaban J connectivity index is 1.70. The third-order valence-corrected chi connectivity index (χ3v) is 7.79. The summed E-state index contributed by atoms with van der Waals surface area (Å²) in [5, 5.41) is 0. The fourth-order valence-corrected chi connectivity index (χ4v) is 5.45. The van der Waals surface area contributed by atoms with Gasteiger partial charge in [-0.25, -0.2) is 9.13 Å². The highest BCUT2D eigenvalue weighted by Crippen LogP contribution is 2.14. The van der Waals surface area contributed by atoms with Crippen molar-refractivity contribution < 1.29 is 4.57 Å². The zero-order valence-electron chi connectivity index (χ0n) is 24.2. The van der Waals surface area contributed by atoms with Crippen molar-refractivity contribution in [2.75, 3.05) is 0 Å². The van der Waals surface area contributed by atoms with E-state index in [9.17, 15) is 0 Å². The number of rotatable bonds is 24. The third kappa shape index (κ3) is 14.2. The van der Waals surface area contributed by atoms with E-state index in [1.807, 2.05) is 0 Å². The lowest BCUT2D eigenvalue weighted by Crippen LogP contribution is -2.37. The minimum atomic E-state index is 0.999. The molecule has 0 unspecified atom stereocenters. The quantitative estimate of drug-likeness (QED) is 0.101. The summed E-state index contributed by atoms with van der Waals surface area (Å²) in [4.78, 5) is 0. The molecule has 0 N–H and O–H groups in total. The van der Waals surface area contributed by atoms with Crippen molar-refractivity contribution >= 4 is 0 Å². The highest BCUT2D eigenvalue weighted by molar-refractivity contribution is 5.15. The van der Waals surface area contributed by atoms with E-state index in [0.29, 0.717) is 0 Å². The zero-order valence-corrected chi connectivity index (χ0v) is 24.2. The minimum Gasteiger partial charge on any atom is -0.234 e. The van der Waals surface area contributed by atoms with Gasteiger partial charge >= 0.3 is 0 Å². The Labute approximate surface area is 224 Å². The molecule has 2 nitrogen and oxygen atoms in total. The predicted octanol–water partition coefficient (Wildman–Crippen LogP) is 10.2. The number of hydrogen-bond donors (Lipinski definition) is 0. The smallest absolute Gasteiger partial charge is 0.234 e. The van der Waals surface area contributed by atoms with Crippen molar-refractivity contribution in [2.45, 2.75) is 162 Å². The van der Waals surface area contributed by atoms with Crippen LogP contribution in [0.1, 0.15) is 154 Å². The molecule has 0 aliphatic rings. The zero-order chi connectivity index (χ0) is 25.5. The molecule has 0 spiro atoms. The number of nitrogens with zero attached hydrogens (tertiary/aromatic N) is 2. The average Bonchev–Trinajstić information content (AvgIpc) is 3.27. The number of benzene rings is 1. The molecular weight excluding hydrogens is 436 g/mol. The van der Waals surface area contributed by atoms with Crippen LogP contribution in [0.4, 0.5) is 0 Å². The van der Waals surface area contributed by atoms with Gasteiger partial charge < -0.3 is 0 Å². The topological polar surface area (TPSA) is 8.81 Å². The Morgan fingerprint density at radius 3 is 1.56 bits per heavy atom. The summed E-state index contributed by atoms with van der Waals surface area (Å²) < 4.78 is 5.08. The summed E-state index contributed by atoms with van der Waals surface area (Å²) >= 11 is 0. The lowest BCUT2D eigenvalue weighted by atomic mass is 10.1. The average molecular weight is 496 g/mol. The molecule has 1 aromatic carbocycles. The number of imidazole rings is 1. The molecule has 0 atom stereocenters. The van der Waals surface area contributed by atoms with Gasteiger partial charge in [0, 0.05) is 6.42 Å². The molecule has 2 aromatic rings. The number of unbranched alkanes of at least 4 members (excludes halogenated alkanes) is 18. The van der Waals surface area contributed by atoms with E-state index in [0.717, 1.165) is 6.54 Å². The van der Waals surface area contributed by atoms with Gasteiger partial charge in [0.2, 0.25) is 0 Å². The summed E-state index contributed by atoms with van der Waals surface area (Å²) in [5.74, 6) is 1.54. The van der Waals surface area contributed by atoms with Crippen LogP contribution in [0.25, 0.3) is 0 Å². The van der Waals surface area contributed by atoms with Crippen molar-refractivity contribution in [3.63, 3.8) is 0 Å². The third-order valence-electron chi connectivity index (χ3n) is 7.79. The number of hydrogen-bond acceptors (Lipinski definition) is 0. The van der Waals surface area contributed by atoms with Crippen LogP contribution in [0.3, 0.4) is 0 Å². The van der Waals surface area contributed by atoms with Gasteiger partial charge in [0.25, 0.3) is 5.82 Å². The second-order valence-electron chi connectivity index (χ2n) is 11.1. The second-order valence-corrected chi connectivity index (χ2v) is 11.1. The van der Waals surface area contributed by atoms with E-state index in [1.165, 1.54) is 153 Å². The van der Waals surface area contributed by atoms with Crippen LogP contribution >= 0.6 is 0 Å². The molecule has 0 saturated heterocycles. The van der Waals surface area contributed by atoms with Crippen molar-refractivity contribution in [3.8, 4) is 0 Å². The van der Waals surface area contributed by atoms with Gasteiger partial charge in [-0.2, -0.15) is 0 Å². The maximum atomic E-state index is 2.57. The van der Waals surface area contributed by atoms with Gasteiger partial charge in [-0.05, 0) is 24.8 Å². The van der Waals surface area contributed by atoms with Crippen molar-refractivity contribution in [1.82, 2.24) is 4.57 Å². The van der Waals surface area contributed by atoms with E-state index in [1.54, 1.807) is 0 Å². The maximum Gasteiger partial charge on any atom is 0.256 e. The first-order valence-corrected chi connectivity index (χ1v) is 16.0. The monoisotopic (exact) mass is 495 g/mol. The van der Waals surface area contributed by atoms with Gasteiger partial charge in [-0.1, -0.05) is 153 Å². The highest BCUT2D eigenvalue weighted by Gasteiger charge is 2.17. The molecule has 0 bridgehead atoms. The first-order chi connectivity index (χ1) is 17.8. The fourth-order valence-electron chi connectivity index (χ4n) is 5.45. The highest BCUT2D eigenvalue weighted by atomic mass is 15.1. The molecule has 0 aliphatic heterocycles. The van der Waals surface area contributed by atoms with E-state index in [2.05, 4.69) is 65.7 Å². The standard InChI is InChI=1S/C34H59N2/c1-3-5-7-9-11-13-14-15-17-19-24-28-34-35(29-25-20-18-16-12-10-8-6-4-2)30-31-36(34)32-33-26-22-21-23-27-33/h21-23,26-27,30-31H,3-20,24-25,28-29,32H2,1-2H3/q+1. The summed E-state index contributed by atoms with van der Waals surface area (Å²) in [7, 11) is 0. The lowest BCUT2D eigenvalue weighted by molar-refractivity contribution is -0.704.